The van der Waals surface area contributed by atoms with E-state index in [4.69, 9.17) is 9.15 Å². The number of ether oxygens (including phenoxy) is 1. The van der Waals surface area contributed by atoms with Gasteiger partial charge < -0.3 is 19.8 Å². The van der Waals surface area contributed by atoms with Crippen molar-refractivity contribution in [1.29, 1.82) is 0 Å². The fourth-order valence-electron chi connectivity index (χ4n) is 2.05. The number of aryl methyl sites for hydroxylation is 2. The molecule has 2 N–H and O–H groups in total. The molecule has 24 heavy (non-hydrogen) atoms. The number of alkyl carbamates (subject to hydrolysis) is 1. The quantitative estimate of drug-likeness (QED) is 0.831. The Morgan fingerprint density at radius 1 is 1.25 bits per heavy atom. The van der Waals surface area contributed by atoms with Gasteiger partial charge in [-0.2, -0.15) is 0 Å². The summed E-state index contributed by atoms with van der Waals surface area (Å²) >= 11 is 0. The highest BCUT2D eigenvalue weighted by Gasteiger charge is 2.25. The van der Waals surface area contributed by atoms with Gasteiger partial charge in [-0.15, -0.1) is 0 Å². The topological polar surface area (TPSA) is 93.5 Å². The first-order chi connectivity index (χ1) is 11.0. The van der Waals surface area contributed by atoms with Crippen molar-refractivity contribution in [3.63, 3.8) is 0 Å². The highest BCUT2D eigenvalue weighted by Crippen LogP contribution is 2.11. The number of hydrogen-bond donors (Lipinski definition) is 2. The number of oxazole rings is 1. The second-order valence-electron chi connectivity index (χ2n) is 7.30. The zero-order valence-corrected chi connectivity index (χ0v) is 15.6. The summed E-state index contributed by atoms with van der Waals surface area (Å²) in [6.07, 6.45) is -0.0968. The van der Waals surface area contributed by atoms with Crippen molar-refractivity contribution >= 4 is 12.0 Å². The van der Waals surface area contributed by atoms with Gasteiger partial charge in [0.25, 0.3) is 0 Å². The maximum absolute atomic E-state index is 12.4. The number of amides is 2. The Hall–Kier alpha value is -2.05. The lowest BCUT2D eigenvalue weighted by molar-refractivity contribution is -0.123. The number of aromatic nitrogens is 1. The fraction of sp³-hybridized carbons (Fsp3) is 0.706. The lowest BCUT2D eigenvalue weighted by atomic mass is 10.0. The highest BCUT2D eigenvalue weighted by atomic mass is 16.6. The molecular formula is C17H29N3O4. The highest BCUT2D eigenvalue weighted by molar-refractivity contribution is 5.85. The first-order valence-corrected chi connectivity index (χ1v) is 8.18. The van der Waals surface area contributed by atoms with Gasteiger partial charge in [-0.1, -0.05) is 13.8 Å². The summed E-state index contributed by atoms with van der Waals surface area (Å²) in [6, 6.07) is -0.669. The van der Waals surface area contributed by atoms with Gasteiger partial charge in [0.15, 0.2) is 0 Å². The SMILES string of the molecule is Cc1nc(CNC(=O)C(CC(C)C)NC(=O)OC(C)(C)C)oc1C. The van der Waals surface area contributed by atoms with Gasteiger partial charge in [0.1, 0.15) is 17.4 Å². The second-order valence-corrected chi connectivity index (χ2v) is 7.30. The molecule has 0 fully saturated rings. The molecule has 0 bridgehead atoms. The van der Waals surface area contributed by atoms with Crippen molar-refractivity contribution in [1.82, 2.24) is 15.6 Å². The Morgan fingerprint density at radius 3 is 2.33 bits per heavy atom. The standard InChI is InChI=1S/C17H29N3O4/c1-10(2)8-13(20-16(22)24-17(5,6)7)15(21)18-9-14-19-11(3)12(4)23-14/h10,13H,8-9H2,1-7H3,(H,18,21)(H,20,22). The minimum atomic E-state index is -0.669. The van der Waals surface area contributed by atoms with E-state index in [9.17, 15) is 9.59 Å². The van der Waals surface area contributed by atoms with Crippen LogP contribution in [0.2, 0.25) is 0 Å². The van der Waals surface area contributed by atoms with Crippen LogP contribution in [0.3, 0.4) is 0 Å². The average molecular weight is 339 g/mol. The molecule has 7 nitrogen and oxygen atoms in total. The summed E-state index contributed by atoms with van der Waals surface area (Å²) < 4.78 is 10.7. The second kappa shape index (κ2) is 8.17. The Morgan fingerprint density at radius 2 is 1.88 bits per heavy atom. The van der Waals surface area contributed by atoms with Crippen molar-refractivity contribution in [3.05, 3.63) is 17.3 Å². The fourth-order valence-corrected chi connectivity index (χ4v) is 2.05. The lowest BCUT2D eigenvalue weighted by Crippen LogP contribution is -2.48. The molecule has 0 aromatic carbocycles. The maximum atomic E-state index is 12.4. The van der Waals surface area contributed by atoms with E-state index in [0.717, 1.165) is 11.5 Å². The van der Waals surface area contributed by atoms with E-state index in [1.54, 1.807) is 20.8 Å². The molecule has 2 amide bonds. The molecule has 0 aliphatic rings. The minimum Gasteiger partial charge on any atom is -0.444 e. The molecule has 1 rings (SSSR count). The van der Waals surface area contributed by atoms with Gasteiger partial charge >= 0.3 is 6.09 Å². The van der Waals surface area contributed by atoms with Crippen LogP contribution in [-0.2, 0) is 16.1 Å². The molecule has 0 aliphatic heterocycles. The first kappa shape index (κ1) is 20.0. The molecule has 0 saturated carbocycles. The van der Waals surface area contributed by atoms with Crippen LogP contribution in [0.4, 0.5) is 4.79 Å². The Balaban J connectivity index is 2.65. The summed E-state index contributed by atoms with van der Waals surface area (Å²) in [5.41, 5.74) is 0.181. The van der Waals surface area contributed by atoms with Crippen LogP contribution in [0.5, 0.6) is 0 Å². The minimum absolute atomic E-state index is 0.179. The van der Waals surface area contributed by atoms with Gasteiger partial charge in [-0.3, -0.25) is 4.79 Å². The first-order valence-electron chi connectivity index (χ1n) is 8.18. The van der Waals surface area contributed by atoms with Crippen LogP contribution in [0.1, 0.15) is 58.4 Å². The third kappa shape index (κ3) is 7.02. The molecular weight excluding hydrogens is 310 g/mol. The van der Waals surface area contributed by atoms with Crippen molar-refractivity contribution in [2.75, 3.05) is 0 Å². The largest absolute Gasteiger partial charge is 0.444 e. The number of rotatable bonds is 6. The average Bonchev–Trinajstić information content (AvgIpc) is 2.71. The maximum Gasteiger partial charge on any atom is 0.408 e. The van der Waals surface area contributed by atoms with Gasteiger partial charge in [0, 0.05) is 0 Å². The zero-order valence-electron chi connectivity index (χ0n) is 15.6. The third-order valence-electron chi connectivity index (χ3n) is 3.20. The molecule has 7 heteroatoms. The van der Waals surface area contributed by atoms with E-state index in [1.807, 2.05) is 27.7 Å². The summed E-state index contributed by atoms with van der Waals surface area (Å²) in [6.45, 7) is 13.1. The molecule has 0 radical (unpaired) electrons. The van der Waals surface area contributed by atoms with E-state index < -0.39 is 17.7 Å². The van der Waals surface area contributed by atoms with Gasteiger partial charge in [-0.25, -0.2) is 9.78 Å². The van der Waals surface area contributed by atoms with Crippen molar-refractivity contribution < 1.29 is 18.7 Å². The summed E-state index contributed by atoms with van der Waals surface area (Å²) in [5, 5.41) is 5.38. The van der Waals surface area contributed by atoms with Crippen LogP contribution in [0.15, 0.2) is 4.42 Å². The van der Waals surface area contributed by atoms with Crippen molar-refractivity contribution in [2.24, 2.45) is 5.92 Å². The summed E-state index contributed by atoms with van der Waals surface area (Å²) in [7, 11) is 0. The molecule has 136 valence electrons. The number of carbonyl (C=O) groups is 2. The van der Waals surface area contributed by atoms with E-state index in [1.165, 1.54) is 0 Å². The third-order valence-corrected chi connectivity index (χ3v) is 3.20. The molecule has 1 heterocycles. The molecule has 0 aliphatic carbocycles. The van der Waals surface area contributed by atoms with Crippen LogP contribution >= 0.6 is 0 Å². The Bertz CT molecular complexity index is 553. The van der Waals surface area contributed by atoms with Crippen LogP contribution in [-0.4, -0.2) is 28.6 Å². The zero-order chi connectivity index (χ0) is 18.5. The molecule has 0 saturated heterocycles. The number of carbonyl (C=O) groups excluding carboxylic acids is 2. The summed E-state index contributed by atoms with van der Waals surface area (Å²) in [5.74, 6) is 1.12. The molecule has 1 unspecified atom stereocenters. The van der Waals surface area contributed by atoms with E-state index >= 15 is 0 Å². The number of nitrogens with zero attached hydrogens (tertiary/aromatic N) is 1. The monoisotopic (exact) mass is 339 g/mol. The van der Waals surface area contributed by atoms with Crippen molar-refractivity contribution in [2.45, 2.75) is 73.1 Å². The molecule has 0 spiro atoms. The molecule has 1 atom stereocenters. The van der Waals surface area contributed by atoms with Crippen molar-refractivity contribution in [3.8, 4) is 0 Å². The Labute approximate surface area is 143 Å². The van der Waals surface area contributed by atoms with E-state index in [-0.39, 0.29) is 18.4 Å². The summed E-state index contributed by atoms with van der Waals surface area (Å²) in [4.78, 5) is 28.5. The Kier molecular flexibility index (Phi) is 6.81. The predicted octanol–water partition coefficient (Wildman–Crippen LogP) is 2.85. The molecule has 1 aromatic rings. The van der Waals surface area contributed by atoms with Crippen LogP contribution < -0.4 is 10.6 Å². The van der Waals surface area contributed by atoms with Gasteiger partial charge in [0.2, 0.25) is 11.8 Å². The normalized spacial score (nSPS) is 12.8. The lowest BCUT2D eigenvalue weighted by Gasteiger charge is -2.24. The number of nitrogens with one attached hydrogen (secondary N) is 2. The van der Waals surface area contributed by atoms with Gasteiger partial charge in [-0.05, 0) is 47.0 Å². The number of hydrogen-bond acceptors (Lipinski definition) is 5. The van der Waals surface area contributed by atoms with Crippen LogP contribution in [0.25, 0.3) is 0 Å². The van der Waals surface area contributed by atoms with Gasteiger partial charge in [0.05, 0.1) is 12.2 Å². The molecule has 1 aromatic heterocycles. The van der Waals surface area contributed by atoms with E-state index in [0.29, 0.717) is 12.3 Å². The van der Waals surface area contributed by atoms with E-state index in [2.05, 4.69) is 15.6 Å². The smallest absolute Gasteiger partial charge is 0.408 e. The predicted molar refractivity (Wildman–Crippen MR) is 90.4 cm³/mol. The van der Waals surface area contributed by atoms with Crippen LogP contribution in [0, 0.1) is 19.8 Å².